The fourth-order valence-corrected chi connectivity index (χ4v) is 4.33. The van der Waals surface area contributed by atoms with E-state index in [4.69, 9.17) is 4.74 Å². The molecule has 2 aromatic carbocycles. The Morgan fingerprint density at radius 3 is 2.43 bits per heavy atom. The SMILES string of the molecule is COc1ccc2c(=O)n(C)c(CN3CCC(C(=O)O)CC3)c(-c3ccccc3)c2c1. The van der Waals surface area contributed by atoms with Gasteiger partial charge >= 0.3 is 5.97 Å². The lowest BCUT2D eigenvalue weighted by Crippen LogP contribution is -2.37. The van der Waals surface area contributed by atoms with Gasteiger partial charge in [-0.15, -0.1) is 0 Å². The number of hydrogen-bond donors (Lipinski definition) is 1. The van der Waals surface area contributed by atoms with Crippen molar-refractivity contribution in [1.29, 1.82) is 0 Å². The summed E-state index contributed by atoms with van der Waals surface area (Å²) in [6.45, 7) is 2.00. The summed E-state index contributed by atoms with van der Waals surface area (Å²) in [4.78, 5) is 26.7. The molecule has 1 N–H and O–H groups in total. The monoisotopic (exact) mass is 406 g/mol. The molecule has 4 rings (SSSR count). The van der Waals surface area contributed by atoms with Crippen LogP contribution in [-0.2, 0) is 18.4 Å². The number of carboxylic acids is 1. The first-order chi connectivity index (χ1) is 14.5. The van der Waals surface area contributed by atoms with E-state index in [1.807, 2.05) is 43.4 Å². The lowest BCUT2D eigenvalue weighted by Gasteiger charge is -2.31. The molecule has 3 aromatic rings. The predicted octanol–water partition coefficient (Wildman–Crippen LogP) is 3.51. The number of aromatic nitrogens is 1. The van der Waals surface area contributed by atoms with Crippen molar-refractivity contribution in [2.75, 3.05) is 20.2 Å². The largest absolute Gasteiger partial charge is 0.497 e. The summed E-state index contributed by atoms with van der Waals surface area (Å²) in [7, 11) is 3.44. The van der Waals surface area contributed by atoms with Crippen LogP contribution in [0.1, 0.15) is 18.5 Å². The number of hydrogen-bond acceptors (Lipinski definition) is 4. The van der Waals surface area contributed by atoms with Gasteiger partial charge in [0.1, 0.15) is 5.75 Å². The lowest BCUT2D eigenvalue weighted by atomic mass is 9.94. The van der Waals surface area contributed by atoms with Crippen LogP contribution in [0.3, 0.4) is 0 Å². The van der Waals surface area contributed by atoms with Crippen LogP contribution in [0.5, 0.6) is 5.75 Å². The number of benzene rings is 2. The molecule has 0 aliphatic carbocycles. The third kappa shape index (κ3) is 3.71. The zero-order valence-corrected chi connectivity index (χ0v) is 17.3. The number of piperidine rings is 1. The topological polar surface area (TPSA) is 71.8 Å². The van der Waals surface area contributed by atoms with Crippen molar-refractivity contribution in [3.63, 3.8) is 0 Å². The van der Waals surface area contributed by atoms with E-state index in [0.29, 0.717) is 43.6 Å². The van der Waals surface area contributed by atoms with E-state index in [9.17, 15) is 14.7 Å². The molecule has 2 heterocycles. The Labute approximate surface area is 175 Å². The standard InChI is InChI=1S/C24H26N2O4/c1-25-21(15-26-12-10-17(11-13-26)24(28)29)22(16-6-4-3-5-7-16)20-14-18(30-2)8-9-19(20)23(25)27/h3-9,14,17H,10-13,15H2,1-2H3,(H,28,29). The number of pyridine rings is 1. The smallest absolute Gasteiger partial charge is 0.306 e. The van der Waals surface area contributed by atoms with E-state index < -0.39 is 5.97 Å². The summed E-state index contributed by atoms with van der Waals surface area (Å²) >= 11 is 0. The van der Waals surface area contributed by atoms with Crippen molar-refractivity contribution in [1.82, 2.24) is 9.47 Å². The number of methoxy groups -OCH3 is 1. The van der Waals surface area contributed by atoms with Gasteiger partial charge in [0.25, 0.3) is 5.56 Å². The highest BCUT2D eigenvalue weighted by molar-refractivity contribution is 5.98. The molecule has 6 nitrogen and oxygen atoms in total. The minimum atomic E-state index is -0.718. The van der Waals surface area contributed by atoms with Crippen LogP contribution in [0.15, 0.2) is 53.3 Å². The van der Waals surface area contributed by atoms with Gasteiger partial charge in [0, 0.05) is 35.6 Å². The van der Waals surface area contributed by atoms with Gasteiger partial charge in [-0.2, -0.15) is 0 Å². The zero-order valence-electron chi connectivity index (χ0n) is 17.3. The molecule has 1 aromatic heterocycles. The number of aliphatic carboxylic acids is 1. The van der Waals surface area contributed by atoms with Gasteiger partial charge in [-0.1, -0.05) is 30.3 Å². The molecule has 156 valence electrons. The minimum Gasteiger partial charge on any atom is -0.497 e. The number of rotatable bonds is 5. The fraction of sp³-hybridized carbons (Fsp3) is 0.333. The molecule has 0 spiro atoms. The molecule has 0 unspecified atom stereocenters. The number of nitrogens with zero attached hydrogens (tertiary/aromatic N) is 2. The highest BCUT2D eigenvalue weighted by Crippen LogP contribution is 2.33. The van der Waals surface area contributed by atoms with Crippen LogP contribution in [0.25, 0.3) is 21.9 Å². The van der Waals surface area contributed by atoms with Gasteiger partial charge < -0.3 is 14.4 Å². The summed E-state index contributed by atoms with van der Waals surface area (Å²) in [5, 5.41) is 10.8. The van der Waals surface area contributed by atoms with E-state index >= 15 is 0 Å². The van der Waals surface area contributed by atoms with Crippen molar-refractivity contribution in [2.45, 2.75) is 19.4 Å². The Morgan fingerprint density at radius 1 is 1.10 bits per heavy atom. The predicted molar refractivity (Wildman–Crippen MR) is 117 cm³/mol. The Hall–Kier alpha value is -3.12. The second-order valence-electron chi connectivity index (χ2n) is 7.85. The lowest BCUT2D eigenvalue weighted by molar-refractivity contribution is -0.143. The molecule has 1 aliphatic heterocycles. The van der Waals surface area contributed by atoms with Gasteiger partial charge in [0.2, 0.25) is 0 Å². The van der Waals surface area contributed by atoms with Gasteiger partial charge in [-0.3, -0.25) is 14.5 Å². The summed E-state index contributed by atoms with van der Waals surface area (Å²) in [5.41, 5.74) is 2.96. The zero-order chi connectivity index (χ0) is 21.3. The van der Waals surface area contributed by atoms with Gasteiger partial charge in [0.05, 0.1) is 13.0 Å². The van der Waals surface area contributed by atoms with Crippen molar-refractivity contribution in [2.24, 2.45) is 13.0 Å². The van der Waals surface area contributed by atoms with Gasteiger partial charge in [-0.05, 0) is 49.7 Å². The number of ether oxygens (including phenoxy) is 1. The first-order valence-corrected chi connectivity index (χ1v) is 10.2. The summed E-state index contributed by atoms with van der Waals surface area (Å²) in [6, 6.07) is 15.6. The second-order valence-corrected chi connectivity index (χ2v) is 7.85. The van der Waals surface area contributed by atoms with Crippen molar-refractivity contribution >= 4 is 16.7 Å². The van der Waals surface area contributed by atoms with Crippen LogP contribution in [-0.4, -0.2) is 40.7 Å². The summed E-state index contributed by atoms with van der Waals surface area (Å²) in [6.07, 6.45) is 1.26. The molecular formula is C24H26N2O4. The summed E-state index contributed by atoms with van der Waals surface area (Å²) in [5.74, 6) is -0.287. The molecule has 0 atom stereocenters. The third-order valence-corrected chi connectivity index (χ3v) is 6.10. The molecular weight excluding hydrogens is 380 g/mol. The van der Waals surface area contributed by atoms with Crippen molar-refractivity contribution < 1.29 is 14.6 Å². The quantitative estimate of drug-likeness (QED) is 0.702. The highest BCUT2D eigenvalue weighted by atomic mass is 16.5. The van der Waals surface area contributed by atoms with Crippen LogP contribution < -0.4 is 10.3 Å². The number of likely N-dealkylation sites (tertiary alicyclic amines) is 1. The van der Waals surface area contributed by atoms with Crippen LogP contribution >= 0.6 is 0 Å². The number of carbonyl (C=O) groups is 1. The Morgan fingerprint density at radius 2 is 1.80 bits per heavy atom. The van der Waals surface area contributed by atoms with Crippen molar-refractivity contribution in [3.8, 4) is 16.9 Å². The van der Waals surface area contributed by atoms with E-state index in [1.165, 1.54) is 0 Å². The fourth-order valence-electron chi connectivity index (χ4n) is 4.33. The van der Waals surface area contributed by atoms with E-state index in [-0.39, 0.29) is 11.5 Å². The molecule has 0 saturated carbocycles. The average molecular weight is 406 g/mol. The first kappa shape index (κ1) is 20.2. The van der Waals surface area contributed by atoms with Crippen molar-refractivity contribution in [3.05, 3.63) is 64.6 Å². The van der Waals surface area contributed by atoms with Crippen LogP contribution in [0, 0.1) is 5.92 Å². The molecule has 0 radical (unpaired) electrons. The minimum absolute atomic E-state index is 0.0391. The maximum atomic E-state index is 13.1. The maximum absolute atomic E-state index is 13.1. The Kier molecular flexibility index (Phi) is 5.59. The van der Waals surface area contributed by atoms with Crippen LogP contribution in [0.2, 0.25) is 0 Å². The average Bonchev–Trinajstić information content (AvgIpc) is 2.78. The summed E-state index contributed by atoms with van der Waals surface area (Å²) < 4.78 is 7.17. The molecule has 1 fully saturated rings. The number of carboxylic acid groups (broad SMARTS) is 1. The van der Waals surface area contributed by atoms with E-state index in [2.05, 4.69) is 17.0 Å². The first-order valence-electron chi connectivity index (χ1n) is 10.2. The maximum Gasteiger partial charge on any atom is 0.306 e. The Bertz CT molecular complexity index is 1130. The second kappa shape index (κ2) is 8.32. The highest BCUT2D eigenvalue weighted by Gasteiger charge is 2.26. The Balaban J connectivity index is 1.85. The molecule has 6 heteroatoms. The molecule has 0 bridgehead atoms. The van der Waals surface area contributed by atoms with E-state index in [1.54, 1.807) is 11.7 Å². The molecule has 0 amide bonds. The molecule has 1 aliphatic rings. The molecule has 30 heavy (non-hydrogen) atoms. The normalized spacial score (nSPS) is 15.4. The van der Waals surface area contributed by atoms with Gasteiger partial charge in [0.15, 0.2) is 0 Å². The number of fused-ring (bicyclic) bond motifs is 1. The molecule has 1 saturated heterocycles. The van der Waals surface area contributed by atoms with E-state index in [0.717, 1.165) is 22.2 Å². The van der Waals surface area contributed by atoms with Gasteiger partial charge in [-0.25, -0.2) is 0 Å². The van der Waals surface area contributed by atoms with Crippen LogP contribution in [0.4, 0.5) is 0 Å². The third-order valence-electron chi connectivity index (χ3n) is 6.10.